The zero-order chi connectivity index (χ0) is 16.4. The fraction of sp³-hybridized carbons (Fsp3) is 0.556. The molecule has 0 saturated carbocycles. The number of hydrogen-bond acceptors (Lipinski definition) is 2. The second kappa shape index (κ2) is 9.98. The Bertz CT molecular complexity index is 498. The third-order valence-electron chi connectivity index (χ3n) is 3.83. The van der Waals surface area contributed by atoms with Gasteiger partial charge in [-0.25, -0.2) is 0 Å². The highest BCUT2D eigenvalue weighted by Crippen LogP contribution is 2.17. The fourth-order valence-corrected chi connectivity index (χ4v) is 2.24. The van der Waals surface area contributed by atoms with Crippen molar-refractivity contribution in [2.75, 3.05) is 11.9 Å². The van der Waals surface area contributed by atoms with Gasteiger partial charge in [-0.15, -0.1) is 0 Å². The van der Waals surface area contributed by atoms with Crippen molar-refractivity contribution in [3.05, 3.63) is 29.3 Å². The molecule has 22 heavy (non-hydrogen) atoms. The molecule has 2 amide bonds. The minimum absolute atomic E-state index is 0.0289. The Morgan fingerprint density at radius 2 is 1.73 bits per heavy atom. The summed E-state index contributed by atoms with van der Waals surface area (Å²) in [6, 6.07) is 5.79. The van der Waals surface area contributed by atoms with Crippen molar-refractivity contribution >= 4 is 17.5 Å². The molecule has 0 atom stereocenters. The molecule has 4 nitrogen and oxygen atoms in total. The first-order valence-corrected chi connectivity index (χ1v) is 8.17. The average Bonchev–Trinajstić information content (AvgIpc) is 2.49. The van der Waals surface area contributed by atoms with E-state index in [2.05, 4.69) is 17.6 Å². The first kappa shape index (κ1) is 18.2. The number of carbonyl (C=O) groups is 2. The lowest BCUT2D eigenvalue weighted by Gasteiger charge is -2.11. The van der Waals surface area contributed by atoms with Crippen LogP contribution in [0.3, 0.4) is 0 Å². The Balaban J connectivity index is 2.25. The van der Waals surface area contributed by atoms with Crippen LogP contribution >= 0.6 is 0 Å². The summed E-state index contributed by atoms with van der Waals surface area (Å²) in [5.74, 6) is -0.236. The van der Waals surface area contributed by atoms with Crippen LogP contribution in [0.25, 0.3) is 0 Å². The van der Waals surface area contributed by atoms with E-state index in [1.54, 1.807) is 0 Å². The maximum atomic E-state index is 11.9. The molecular formula is C18H28N2O2. The lowest BCUT2D eigenvalue weighted by molar-refractivity contribution is -0.124. The molecule has 0 fully saturated rings. The largest absolute Gasteiger partial charge is 0.347 e. The minimum Gasteiger partial charge on any atom is -0.347 e. The van der Waals surface area contributed by atoms with Gasteiger partial charge in [0.05, 0.1) is 6.54 Å². The molecule has 0 radical (unpaired) electrons. The predicted molar refractivity (Wildman–Crippen MR) is 90.9 cm³/mol. The number of carbonyl (C=O) groups excluding carboxylic acids is 2. The van der Waals surface area contributed by atoms with Crippen molar-refractivity contribution in [2.24, 2.45) is 0 Å². The van der Waals surface area contributed by atoms with Crippen LogP contribution in [0.15, 0.2) is 18.2 Å². The van der Waals surface area contributed by atoms with Crippen molar-refractivity contribution in [3.63, 3.8) is 0 Å². The zero-order valence-electron chi connectivity index (χ0n) is 14.0. The molecule has 1 rings (SSSR count). The summed E-state index contributed by atoms with van der Waals surface area (Å²) in [6.07, 6.45) is 6.07. The minimum atomic E-state index is -0.187. The number of amides is 2. The number of benzene rings is 1. The molecule has 0 aromatic heterocycles. The van der Waals surface area contributed by atoms with E-state index in [0.29, 0.717) is 6.42 Å². The van der Waals surface area contributed by atoms with Gasteiger partial charge >= 0.3 is 0 Å². The molecule has 1 aromatic rings. The van der Waals surface area contributed by atoms with Gasteiger partial charge in [-0.05, 0) is 37.5 Å². The number of nitrogens with one attached hydrogen (secondary N) is 2. The summed E-state index contributed by atoms with van der Waals surface area (Å²) < 4.78 is 0. The van der Waals surface area contributed by atoms with Crippen molar-refractivity contribution in [1.29, 1.82) is 0 Å². The van der Waals surface area contributed by atoms with E-state index >= 15 is 0 Å². The molecular weight excluding hydrogens is 276 g/mol. The van der Waals surface area contributed by atoms with Crippen LogP contribution in [0.2, 0.25) is 0 Å². The first-order valence-electron chi connectivity index (χ1n) is 8.17. The van der Waals surface area contributed by atoms with Gasteiger partial charge in [0.2, 0.25) is 11.8 Å². The molecule has 4 heteroatoms. The van der Waals surface area contributed by atoms with E-state index in [9.17, 15) is 9.59 Å². The lowest BCUT2D eigenvalue weighted by atomic mass is 10.1. The summed E-state index contributed by atoms with van der Waals surface area (Å²) in [6.45, 7) is 6.17. The van der Waals surface area contributed by atoms with Gasteiger partial charge in [-0.2, -0.15) is 0 Å². The molecule has 0 aliphatic heterocycles. The highest BCUT2D eigenvalue weighted by atomic mass is 16.2. The quantitative estimate of drug-likeness (QED) is 0.683. The van der Waals surface area contributed by atoms with Gasteiger partial charge in [0, 0.05) is 12.1 Å². The zero-order valence-corrected chi connectivity index (χ0v) is 14.0. The molecule has 0 unspecified atom stereocenters. The van der Waals surface area contributed by atoms with E-state index in [1.165, 1.54) is 19.3 Å². The normalized spacial score (nSPS) is 10.3. The van der Waals surface area contributed by atoms with Crippen molar-refractivity contribution in [3.8, 4) is 0 Å². The van der Waals surface area contributed by atoms with E-state index in [-0.39, 0.29) is 18.4 Å². The van der Waals surface area contributed by atoms with E-state index in [0.717, 1.165) is 29.7 Å². The Morgan fingerprint density at radius 1 is 1.00 bits per heavy atom. The summed E-state index contributed by atoms with van der Waals surface area (Å²) in [7, 11) is 0. The Labute approximate surface area is 133 Å². The number of hydrogen-bond donors (Lipinski definition) is 2. The van der Waals surface area contributed by atoms with E-state index < -0.39 is 0 Å². The molecule has 0 spiro atoms. The van der Waals surface area contributed by atoms with Gasteiger partial charge in [0.1, 0.15) is 0 Å². The van der Waals surface area contributed by atoms with Gasteiger partial charge < -0.3 is 10.6 Å². The van der Waals surface area contributed by atoms with Crippen molar-refractivity contribution in [2.45, 2.75) is 59.3 Å². The van der Waals surface area contributed by atoms with E-state index in [1.807, 2.05) is 32.0 Å². The molecule has 0 bridgehead atoms. The van der Waals surface area contributed by atoms with Crippen LogP contribution in [0, 0.1) is 13.8 Å². The Hall–Kier alpha value is -1.84. The summed E-state index contributed by atoms with van der Waals surface area (Å²) >= 11 is 0. The SMILES string of the molecule is CCCCCCCC(=O)NCC(=O)Nc1cccc(C)c1C. The predicted octanol–water partition coefficient (Wildman–Crippen LogP) is 3.72. The summed E-state index contributed by atoms with van der Waals surface area (Å²) in [5, 5.41) is 5.51. The van der Waals surface area contributed by atoms with Crippen LogP contribution in [0.1, 0.15) is 56.6 Å². The van der Waals surface area contributed by atoms with Crippen LogP contribution in [-0.2, 0) is 9.59 Å². The fourth-order valence-electron chi connectivity index (χ4n) is 2.24. The van der Waals surface area contributed by atoms with E-state index in [4.69, 9.17) is 0 Å². The summed E-state index contributed by atoms with van der Waals surface area (Å²) in [5.41, 5.74) is 2.99. The molecule has 1 aromatic carbocycles. The van der Waals surface area contributed by atoms with Crippen LogP contribution in [0.5, 0.6) is 0 Å². The molecule has 0 aliphatic carbocycles. The Morgan fingerprint density at radius 3 is 2.45 bits per heavy atom. The number of unbranched alkanes of at least 4 members (excludes halogenated alkanes) is 4. The second-order valence-electron chi connectivity index (χ2n) is 5.74. The molecule has 0 saturated heterocycles. The van der Waals surface area contributed by atoms with Gasteiger partial charge in [-0.3, -0.25) is 9.59 Å². The third kappa shape index (κ3) is 6.74. The van der Waals surface area contributed by atoms with Crippen LogP contribution < -0.4 is 10.6 Å². The molecule has 2 N–H and O–H groups in total. The molecule has 122 valence electrons. The number of rotatable bonds is 9. The number of anilines is 1. The molecule has 0 heterocycles. The monoisotopic (exact) mass is 304 g/mol. The standard InChI is InChI=1S/C18H28N2O2/c1-4-5-6-7-8-12-17(21)19-13-18(22)20-16-11-9-10-14(2)15(16)3/h9-11H,4-8,12-13H2,1-3H3,(H,19,21)(H,20,22). The Kier molecular flexibility index (Phi) is 8.26. The number of aryl methyl sites for hydroxylation is 1. The van der Waals surface area contributed by atoms with Gasteiger partial charge in [0.15, 0.2) is 0 Å². The van der Waals surface area contributed by atoms with Crippen LogP contribution in [0.4, 0.5) is 5.69 Å². The highest BCUT2D eigenvalue weighted by Gasteiger charge is 2.08. The molecule has 0 aliphatic rings. The highest BCUT2D eigenvalue weighted by molar-refractivity contribution is 5.95. The summed E-state index contributed by atoms with van der Waals surface area (Å²) in [4.78, 5) is 23.5. The maximum Gasteiger partial charge on any atom is 0.243 e. The van der Waals surface area contributed by atoms with Crippen molar-refractivity contribution in [1.82, 2.24) is 5.32 Å². The maximum absolute atomic E-state index is 11.9. The first-order chi connectivity index (χ1) is 10.5. The average molecular weight is 304 g/mol. The van der Waals surface area contributed by atoms with Gasteiger partial charge in [0.25, 0.3) is 0 Å². The smallest absolute Gasteiger partial charge is 0.243 e. The topological polar surface area (TPSA) is 58.2 Å². The van der Waals surface area contributed by atoms with Crippen molar-refractivity contribution < 1.29 is 9.59 Å². The second-order valence-corrected chi connectivity index (χ2v) is 5.74. The third-order valence-corrected chi connectivity index (χ3v) is 3.83. The van der Waals surface area contributed by atoms with Crippen LogP contribution in [-0.4, -0.2) is 18.4 Å². The van der Waals surface area contributed by atoms with Gasteiger partial charge in [-0.1, -0.05) is 44.7 Å². The lowest BCUT2D eigenvalue weighted by Crippen LogP contribution is -2.32.